The van der Waals surface area contributed by atoms with Crippen LogP contribution in [0.4, 0.5) is 5.13 Å². The van der Waals surface area contributed by atoms with Crippen molar-refractivity contribution in [3.05, 3.63) is 5.82 Å². The number of likely N-dealkylation sites (N-methyl/N-ethyl adjacent to an activating group) is 1. The van der Waals surface area contributed by atoms with Crippen LogP contribution in [0.3, 0.4) is 0 Å². The first-order valence-corrected chi connectivity index (χ1v) is 6.47. The fourth-order valence-corrected chi connectivity index (χ4v) is 1.71. The number of hydrogen-bond donors (Lipinski definition) is 1. The fraction of sp³-hybridized carbons (Fsp3) is 0.818. The third-order valence-corrected chi connectivity index (χ3v) is 3.54. The Labute approximate surface area is 102 Å². The molecule has 0 aliphatic rings. The molecule has 1 aromatic rings. The number of rotatable bonds is 6. The first-order valence-electron chi connectivity index (χ1n) is 5.69. The van der Waals surface area contributed by atoms with E-state index in [0.717, 1.165) is 30.3 Å². The maximum absolute atomic E-state index is 4.44. The third-order valence-electron chi connectivity index (χ3n) is 2.82. The molecule has 5 heteroatoms. The Morgan fingerprint density at radius 1 is 1.38 bits per heavy atom. The topological polar surface area (TPSA) is 41.1 Å². The summed E-state index contributed by atoms with van der Waals surface area (Å²) in [6.45, 7) is 7.42. The van der Waals surface area contributed by atoms with E-state index in [1.54, 1.807) is 0 Å². The van der Waals surface area contributed by atoms with Gasteiger partial charge in [-0.05, 0) is 34.4 Å². The highest BCUT2D eigenvalue weighted by atomic mass is 32.1. The summed E-state index contributed by atoms with van der Waals surface area (Å²) < 4.78 is 4.31. The molecule has 0 atom stereocenters. The summed E-state index contributed by atoms with van der Waals surface area (Å²) in [5.41, 5.74) is 0.122. The van der Waals surface area contributed by atoms with Crippen LogP contribution in [0.1, 0.15) is 33.0 Å². The van der Waals surface area contributed by atoms with Gasteiger partial charge in [-0.25, -0.2) is 4.98 Å². The maximum atomic E-state index is 4.44. The molecule has 1 N–H and O–H groups in total. The molecule has 0 amide bonds. The molecule has 0 fully saturated rings. The summed E-state index contributed by atoms with van der Waals surface area (Å²) in [4.78, 5) is 6.64. The van der Waals surface area contributed by atoms with Gasteiger partial charge in [0.1, 0.15) is 5.82 Å². The highest BCUT2D eigenvalue weighted by molar-refractivity contribution is 7.09. The smallest absolute Gasteiger partial charge is 0.202 e. The molecule has 1 heterocycles. The van der Waals surface area contributed by atoms with Crippen LogP contribution in [0.5, 0.6) is 0 Å². The van der Waals surface area contributed by atoms with E-state index < -0.39 is 0 Å². The third kappa shape index (κ3) is 3.72. The zero-order valence-electron chi connectivity index (χ0n) is 10.9. The monoisotopic (exact) mass is 242 g/mol. The molecule has 0 unspecified atom stereocenters. The van der Waals surface area contributed by atoms with E-state index in [4.69, 9.17) is 0 Å². The molecule has 0 saturated carbocycles. The summed E-state index contributed by atoms with van der Waals surface area (Å²) in [6.07, 6.45) is 2.06. The van der Waals surface area contributed by atoms with Crippen LogP contribution in [-0.2, 0) is 6.42 Å². The molecule has 16 heavy (non-hydrogen) atoms. The van der Waals surface area contributed by atoms with Gasteiger partial charge in [0.05, 0.1) is 0 Å². The minimum atomic E-state index is 0.122. The molecule has 1 aromatic heterocycles. The zero-order valence-corrected chi connectivity index (χ0v) is 11.7. The van der Waals surface area contributed by atoms with Gasteiger partial charge in [-0.3, -0.25) is 0 Å². The van der Waals surface area contributed by atoms with Crippen molar-refractivity contribution in [3.8, 4) is 0 Å². The number of nitrogens with zero attached hydrogens (tertiary/aromatic N) is 3. The quantitative estimate of drug-likeness (QED) is 0.830. The van der Waals surface area contributed by atoms with Crippen molar-refractivity contribution in [2.75, 3.05) is 26.0 Å². The second kappa shape index (κ2) is 5.59. The van der Waals surface area contributed by atoms with Crippen LogP contribution < -0.4 is 5.32 Å². The normalized spacial score (nSPS) is 12.1. The predicted octanol–water partition coefficient (Wildman–Crippen LogP) is 2.24. The van der Waals surface area contributed by atoms with E-state index in [1.807, 2.05) is 0 Å². The van der Waals surface area contributed by atoms with E-state index in [9.17, 15) is 0 Å². The van der Waals surface area contributed by atoms with Crippen molar-refractivity contribution >= 4 is 16.7 Å². The lowest BCUT2D eigenvalue weighted by Crippen LogP contribution is -2.44. The predicted molar refractivity (Wildman–Crippen MR) is 70.2 cm³/mol. The Hall–Kier alpha value is -0.680. The van der Waals surface area contributed by atoms with E-state index >= 15 is 0 Å². The lowest BCUT2D eigenvalue weighted by atomic mass is 10.1. The van der Waals surface area contributed by atoms with Crippen molar-refractivity contribution in [2.24, 2.45) is 0 Å². The summed E-state index contributed by atoms with van der Waals surface area (Å²) in [5, 5.41) is 4.28. The molecule has 0 spiro atoms. The summed E-state index contributed by atoms with van der Waals surface area (Å²) in [6, 6.07) is 0. The molecule has 0 aliphatic heterocycles. The first-order chi connectivity index (χ1) is 7.45. The van der Waals surface area contributed by atoms with Crippen molar-refractivity contribution < 1.29 is 0 Å². The Bertz CT molecular complexity index is 320. The lowest BCUT2D eigenvalue weighted by molar-refractivity contribution is 0.210. The van der Waals surface area contributed by atoms with Crippen LogP contribution in [0.2, 0.25) is 0 Å². The second-order valence-corrected chi connectivity index (χ2v) is 5.58. The molecule has 0 saturated heterocycles. The van der Waals surface area contributed by atoms with Crippen LogP contribution in [0, 0.1) is 0 Å². The van der Waals surface area contributed by atoms with E-state index in [0.29, 0.717) is 0 Å². The Morgan fingerprint density at radius 2 is 2.06 bits per heavy atom. The molecule has 0 aliphatic carbocycles. The van der Waals surface area contributed by atoms with Crippen LogP contribution in [0.15, 0.2) is 0 Å². The number of anilines is 1. The largest absolute Gasteiger partial charge is 0.358 e. The lowest BCUT2D eigenvalue weighted by Gasteiger charge is -2.32. The molecule has 0 aromatic carbocycles. The Morgan fingerprint density at radius 3 is 2.62 bits per heavy atom. The van der Waals surface area contributed by atoms with Crippen molar-refractivity contribution in [1.82, 2.24) is 14.3 Å². The molecule has 1 rings (SSSR count). The molecule has 0 bridgehead atoms. The minimum absolute atomic E-state index is 0.122. The van der Waals surface area contributed by atoms with Gasteiger partial charge >= 0.3 is 0 Å². The highest BCUT2D eigenvalue weighted by Gasteiger charge is 2.20. The minimum Gasteiger partial charge on any atom is -0.358 e. The van der Waals surface area contributed by atoms with Crippen LogP contribution in [0.25, 0.3) is 0 Å². The second-order valence-electron chi connectivity index (χ2n) is 4.83. The maximum Gasteiger partial charge on any atom is 0.202 e. The van der Waals surface area contributed by atoms with E-state index in [-0.39, 0.29) is 5.54 Å². The molecule has 0 radical (unpaired) electrons. The van der Waals surface area contributed by atoms with Crippen LogP contribution in [-0.4, -0.2) is 40.4 Å². The van der Waals surface area contributed by atoms with Gasteiger partial charge in [0, 0.05) is 30.0 Å². The van der Waals surface area contributed by atoms with Gasteiger partial charge in [-0.2, -0.15) is 4.37 Å². The van der Waals surface area contributed by atoms with Crippen LogP contribution >= 0.6 is 11.5 Å². The summed E-state index contributed by atoms with van der Waals surface area (Å²) >= 11 is 1.45. The van der Waals surface area contributed by atoms with Crippen molar-refractivity contribution in [1.29, 1.82) is 0 Å². The van der Waals surface area contributed by atoms with Gasteiger partial charge < -0.3 is 10.2 Å². The standard InChI is InChI=1S/C11H22N4S/c1-6-7-9-13-10(16-14-9)12-8-11(2,3)15(4)5/h6-8H2,1-5H3,(H,12,13,14). The number of aromatic nitrogens is 2. The van der Waals surface area contributed by atoms with Gasteiger partial charge in [-0.15, -0.1) is 0 Å². The Balaban J connectivity index is 2.48. The zero-order chi connectivity index (χ0) is 12.2. The number of aryl methyl sites for hydroxylation is 1. The summed E-state index contributed by atoms with van der Waals surface area (Å²) in [7, 11) is 4.18. The number of hydrogen-bond acceptors (Lipinski definition) is 5. The average molecular weight is 242 g/mol. The fourth-order valence-electron chi connectivity index (χ4n) is 1.10. The highest BCUT2D eigenvalue weighted by Crippen LogP contribution is 2.15. The Kier molecular flexibility index (Phi) is 4.68. The first kappa shape index (κ1) is 13.4. The van der Waals surface area contributed by atoms with Gasteiger partial charge in [0.25, 0.3) is 0 Å². The molecule has 4 nitrogen and oxygen atoms in total. The summed E-state index contributed by atoms with van der Waals surface area (Å²) in [5.74, 6) is 0.956. The average Bonchev–Trinajstić information content (AvgIpc) is 2.63. The van der Waals surface area contributed by atoms with Crippen molar-refractivity contribution in [3.63, 3.8) is 0 Å². The number of nitrogens with one attached hydrogen (secondary N) is 1. The van der Waals surface area contributed by atoms with Crippen molar-refractivity contribution in [2.45, 2.75) is 39.2 Å². The molecular formula is C11H22N4S. The van der Waals surface area contributed by atoms with Gasteiger partial charge in [-0.1, -0.05) is 6.92 Å². The molecular weight excluding hydrogens is 220 g/mol. The molecule has 92 valence electrons. The SMILES string of the molecule is CCCc1nsc(NCC(C)(C)N(C)C)n1. The van der Waals surface area contributed by atoms with Gasteiger partial charge in [0.2, 0.25) is 5.13 Å². The van der Waals surface area contributed by atoms with Gasteiger partial charge in [0.15, 0.2) is 0 Å². The van der Waals surface area contributed by atoms with E-state index in [1.165, 1.54) is 11.5 Å². The van der Waals surface area contributed by atoms with E-state index in [2.05, 4.69) is 54.4 Å².